The molecule has 0 atom stereocenters. The summed E-state index contributed by atoms with van der Waals surface area (Å²) >= 11 is 0. The van der Waals surface area contributed by atoms with Crippen molar-refractivity contribution in [3.05, 3.63) is 17.5 Å². The Bertz CT molecular complexity index is 588. The maximum absolute atomic E-state index is 12.4. The molecule has 1 aromatic rings. The van der Waals surface area contributed by atoms with Crippen molar-refractivity contribution in [3.8, 4) is 0 Å². The predicted molar refractivity (Wildman–Crippen MR) is 97.6 cm³/mol. The van der Waals surface area contributed by atoms with Crippen molar-refractivity contribution in [2.45, 2.75) is 59.0 Å². The third-order valence-corrected chi connectivity index (χ3v) is 4.51. The van der Waals surface area contributed by atoms with Gasteiger partial charge in [-0.2, -0.15) is 5.10 Å². The van der Waals surface area contributed by atoms with Gasteiger partial charge in [0.1, 0.15) is 5.69 Å². The monoisotopic (exact) mass is 349 g/mol. The van der Waals surface area contributed by atoms with Crippen LogP contribution in [0.15, 0.2) is 6.07 Å². The number of carbonyl (C=O) groups excluding carboxylic acids is 2. The van der Waals surface area contributed by atoms with Crippen molar-refractivity contribution in [1.29, 1.82) is 0 Å². The number of aromatic nitrogens is 2. The average molecular weight is 349 g/mol. The first-order chi connectivity index (χ1) is 11.9. The van der Waals surface area contributed by atoms with Crippen molar-refractivity contribution in [1.82, 2.24) is 25.3 Å². The first-order valence-electron chi connectivity index (χ1n) is 9.26. The number of hydrogen-bond donors (Lipinski definition) is 2. The van der Waals surface area contributed by atoms with Crippen LogP contribution >= 0.6 is 0 Å². The molecule has 2 heterocycles. The molecule has 0 saturated carbocycles. The molecule has 7 heteroatoms. The minimum absolute atomic E-state index is 0.0824. The Labute approximate surface area is 150 Å². The first kappa shape index (κ1) is 19.4. The van der Waals surface area contributed by atoms with Gasteiger partial charge in [0.15, 0.2) is 0 Å². The van der Waals surface area contributed by atoms with Crippen LogP contribution in [-0.2, 0) is 4.79 Å². The molecule has 2 amide bonds. The molecule has 0 spiro atoms. The van der Waals surface area contributed by atoms with E-state index in [-0.39, 0.29) is 23.9 Å². The molecule has 140 valence electrons. The van der Waals surface area contributed by atoms with E-state index in [0.717, 1.165) is 44.6 Å². The largest absolute Gasteiger partial charge is 0.355 e. The lowest BCUT2D eigenvalue weighted by atomic mass is 10.0. The lowest BCUT2D eigenvalue weighted by Crippen LogP contribution is -2.47. The number of hydrogen-bond acceptors (Lipinski definition) is 4. The SMILES string of the molecule is CCCNC(=O)CN1CCC(NC(=O)c2cc(C)n(C(C)C)n2)CC1. The molecule has 2 N–H and O–H groups in total. The van der Waals surface area contributed by atoms with Gasteiger partial charge in [0.2, 0.25) is 5.91 Å². The van der Waals surface area contributed by atoms with Crippen LogP contribution in [0.4, 0.5) is 0 Å². The lowest BCUT2D eigenvalue weighted by Gasteiger charge is -2.31. The Morgan fingerprint density at radius 3 is 2.56 bits per heavy atom. The molecule has 2 rings (SSSR count). The van der Waals surface area contributed by atoms with Gasteiger partial charge in [0.25, 0.3) is 5.91 Å². The summed E-state index contributed by atoms with van der Waals surface area (Å²) in [6, 6.07) is 2.22. The molecule has 0 aliphatic carbocycles. The van der Waals surface area contributed by atoms with Crippen molar-refractivity contribution in [2.75, 3.05) is 26.2 Å². The zero-order valence-electron chi connectivity index (χ0n) is 15.8. The highest BCUT2D eigenvalue weighted by Crippen LogP contribution is 2.13. The van der Waals surface area contributed by atoms with Gasteiger partial charge >= 0.3 is 0 Å². The second kappa shape index (κ2) is 8.99. The summed E-state index contributed by atoms with van der Waals surface area (Å²) in [5.41, 5.74) is 1.47. The fourth-order valence-electron chi connectivity index (χ4n) is 3.14. The third kappa shape index (κ3) is 5.56. The van der Waals surface area contributed by atoms with Crippen LogP contribution in [0.1, 0.15) is 62.3 Å². The van der Waals surface area contributed by atoms with E-state index in [9.17, 15) is 9.59 Å². The standard InChI is InChI=1S/C18H31N5O2/c1-5-8-19-17(24)12-22-9-6-15(7-10-22)20-18(25)16-11-14(4)23(21-16)13(2)3/h11,13,15H,5-10,12H2,1-4H3,(H,19,24)(H,20,25). The number of carbonyl (C=O) groups is 2. The zero-order valence-corrected chi connectivity index (χ0v) is 15.8. The smallest absolute Gasteiger partial charge is 0.272 e. The molecule has 7 nitrogen and oxygen atoms in total. The Hall–Kier alpha value is -1.89. The number of likely N-dealkylation sites (tertiary alicyclic amines) is 1. The quantitative estimate of drug-likeness (QED) is 0.782. The molecule has 0 radical (unpaired) electrons. The number of aryl methyl sites for hydroxylation is 1. The fourth-order valence-corrected chi connectivity index (χ4v) is 3.14. The fraction of sp³-hybridized carbons (Fsp3) is 0.722. The van der Waals surface area contributed by atoms with E-state index in [0.29, 0.717) is 12.2 Å². The Morgan fingerprint density at radius 1 is 1.32 bits per heavy atom. The molecule has 1 aliphatic rings. The van der Waals surface area contributed by atoms with Crippen LogP contribution in [0.3, 0.4) is 0 Å². The second-order valence-electron chi connectivity index (χ2n) is 7.08. The van der Waals surface area contributed by atoms with E-state index in [1.807, 2.05) is 38.4 Å². The third-order valence-electron chi connectivity index (χ3n) is 4.51. The number of nitrogens with one attached hydrogen (secondary N) is 2. The normalized spacial score (nSPS) is 16.2. The van der Waals surface area contributed by atoms with Gasteiger partial charge in [-0.15, -0.1) is 0 Å². The van der Waals surface area contributed by atoms with E-state index in [1.165, 1.54) is 0 Å². The summed E-state index contributed by atoms with van der Waals surface area (Å²) < 4.78 is 1.87. The molecule has 1 saturated heterocycles. The summed E-state index contributed by atoms with van der Waals surface area (Å²) in [6.45, 7) is 10.9. The van der Waals surface area contributed by atoms with E-state index < -0.39 is 0 Å². The molecular formula is C18H31N5O2. The molecule has 1 fully saturated rings. The minimum atomic E-state index is -0.110. The van der Waals surface area contributed by atoms with Gasteiger partial charge in [-0.1, -0.05) is 6.92 Å². The maximum atomic E-state index is 12.4. The van der Waals surface area contributed by atoms with Crippen molar-refractivity contribution < 1.29 is 9.59 Å². The van der Waals surface area contributed by atoms with Crippen LogP contribution in [0.2, 0.25) is 0 Å². The van der Waals surface area contributed by atoms with E-state index in [1.54, 1.807) is 0 Å². The van der Waals surface area contributed by atoms with Crippen LogP contribution in [0.25, 0.3) is 0 Å². The Morgan fingerprint density at radius 2 is 2.00 bits per heavy atom. The number of nitrogens with zero attached hydrogens (tertiary/aromatic N) is 3. The Balaban J connectivity index is 1.78. The molecule has 0 unspecified atom stereocenters. The van der Waals surface area contributed by atoms with Crippen molar-refractivity contribution >= 4 is 11.8 Å². The molecule has 1 aliphatic heterocycles. The average Bonchev–Trinajstić information content (AvgIpc) is 2.97. The number of rotatable bonds is 7. The topological polar surface area (TPSA) is 79.3 Å². The van der Waals surface area contributed by atoms with Crippen molar-refractivity contribution in [3.63, 3.8) is 0 Å². The van der Waals surface area contributed by atoms with Gasteiger partial charge < -0.3 is 10.6 Å². The highest BCUT2D eigenvalue weighted by molar-refractivity contribution is 5.92. The van der Waals surface area contributed by atoms with E-state index in [2.05, 4.69) is 20.6 Å². The van der Waals surface area contributed by atoms with E-state index >= 15 is 0 Å². The molecule has 0 bridgehead atoms. The van der Waals surface area contributed by atoms with E-state index in [4.69, 9.17) is 0 Å². The van der Waals surface area contributed by atoms with Gasteiger partial charge in [-0.3, -0.25) is 19.2 Å². The molecule has 1 aromatic heterocycles. The summed E-state index contributed by atoms with van der Waals surface area (Å²) in [5, 5.41) is 10.4. The van der Waals surface area contributed by atoms with Crippen LogP contribution < -0.4 is 10.6 Å². The molecule has 25 heavy (non-hydrogen) atoms. The Kier molecular flexibility index (Phi) is 6.99. The van der Waals surface area contributed by atoms with Crippen LogP contribution in [0.5, 0.6) is 0 Å². The van der Waals surface area contributed by atoms with Crippen molar-refractivity contribution in [2.24, 2.45) is 0 Å². The highest BCUT2D eigenvalue weighted by atomic mass is 16.2. The number of amides is 2. The minimum Gasteiger partial charge on any atom is -0.355 e. The summed E-state index contributed by atoms with van der Waals surface area (Å²) in [5.74, 6) is -0.0272. The first-order valence-corrected chi connectivity index (χ1v) is 9.26. The predicted octanol–water partition coefficient (Wildman–Crippen LogP) is 1.49. The lowest BCUT2D eigenvalue weighted by molar-refractivity contribution is -0.122. The van der Waals surface area contributed by atoms with Gasteiger partial charge in [-0.25, -0.2) is 0 Å². The summed E-state index contributed by atoms with van der Waals surface area (Å²) in [4.78, 5) is 26.3. The zero-order chi connectivity index (χ0) is 18.4. The molecular weight excluding hydrogens is 318 g/mol. The summed E-state index contributed by atoms with van der Waals surface area (Å²) in [6.07, 6.45) is 2.67. The number of piperidine rings is 1. The second-order valence-corrected chi connectivity index (χ2v) is 7.08. The van der Waals surface area contributed by atoms with Crippen LogP contribution in [0, 0.1) is 6.92 Å². The van der Waals surface area contributed by atoms with Gasteiger partial charge in [0, 0.05) is 37.4 Å². The highest BCUT2D eigenvalue weighted by Gasteiger charge is 2.23. The molecule has 0 aromatic carbocycles. The maximum Gasteiger partial charge on any atom is 0.272 e. The van der Waals surface area contributed by atoms with Crippen LogP contribution in [-0.4, -0.2) is 58.7 Å². The van der Waals surface area contributed by atoms with Gasteiger partial charge in [0.05, 0.1) is 6.54 Å². The summed E-state index contributed by atoms with van der Waals surface area (Å²) in [7, 11) is 0. The van der Waals surface area contributed by atoms with Gasteiger partial charge in [-0.05, 0) is 46.1 Å².